The van der Waals surface area contributed by atoms with E-state index in [1.807, 2.05) is 48.5 Å². The second-order valence-corrected chi connectivity index (χ2v) is 7.24. The van der Waals surface area contributed by atoms with Crippen molar-refractivity contribution < 1.29 is 4.74 Å². The Morgan fingerprint density at radius 3 is 2.07 bits per heavy atom. The number of halogens is 2. The predicted molar refractivity (Wildman–Crippen MR) is 116 cm³/mol. The number of unbranched alkanes of at least 4 members (excludes halogenated alkanes) is 1. The van der Waals surface area contributed by atoms with Crippen LogP contribution in [0.1, 0.15) is 19.8 Å². The molecular weight excluding hydrogens is 393 g/mol. The Labute approximate surface area is 175 Å². The summed E-state index contributed by atoms with van der Waals surface area (Å²) in [4.78, 5) is 9.34. The highest BCUT2D eigenvalue weighted by atomic mass is 35.5. The molecule has 0 saturated carbocycles. The Morgan fingerprint density at radius 2 is 1.46 bits per heavy atom. The predicted octanol–water partition coefficient (Wildman–Crippen LogP) is 5.89. The molecule has 3 aromatic rings. The third kappa shape index (κ3) is 5.68. The number of hydrogen-bond donors (Lipinski definition) is 1. The van der Waals surface area contributed by atoms with E-state index in [1.54, 1.807) is 6.20 Å². The molecule has 0 atom stereocenters. The molecule has 0 bridgehead atoms. The molecule has 0 amide bonds. The second kappa shape index (κ2) is 10.4. The molecule has 0 saturated heterocycles. The summed E-state index contributed by atoms with van der Waals surface area (Å²) in [5.41, 5.74) is 3.38. The quantitative estimate of drug-likeness (QED) is 0.442. The molecule has 0 aliphatic carbocycles. The van der Waals surface area contributed by atoms with Crippen molar-refractivity contribution in [2.24, 2.45) is 0 Å². The summed E-state index contributed by atoms with van der Waals surface area (Å²) in [6.07, 6.45) is 4.00. The van der Waals surface area contributed by atoms with E-state index in [0.717, 1.165) is 42.0 Å². The monoisotopic (exact) mass is 415 g/mol. The molecule has 0 radical (unpaired) electrons. The van der Waals surface area contributed by atoms with Gasteiger partial charge in [0.15, 0.2) is 0 Å². The molecule has 1 aromatic heterocycles. The number of rotatable bonds is 9. The van der Waals surface area contributed by atoms with Crippen LogP contribution in [0.3, 0.4) is 0 Å². The van der Waals surface area contributed by atoms with Crippen molar-refractivity contribution in [1.82, 2.24) is 15.3 Å². The Morgan fingerprint density at radius 1 is 0.857 bits per heavy atom. The largest absolute Gasteiger partial charge is 0.475 e. The lowest BCUT2D eigenvalue weighted by Crippen LogP contribution is -2.22. The molecule has 3 rings (SSSR count). The minimum Gasteiger partial charge on any atom is -0.475 e. The van der Waals surface area contributed by atoms with Crippen LogP contribution in [0.15, 0.2) is 54.7 Å². The van der Waals surface area contributed by atoms with E-state index in [-0.39, 0.29) is 0 Å². The molecule has 0 aliphatic rings. The van der Waals surface area contributed by atoms with Crippen LogP contribution in [0.5, 0.6) is 5.88 Å². The fourth-order valence-electron chi connectivity index (χ4n) is 2.73. The zero-order valence-electron chi connectivity index (χ0n) is 15.8. The highest BCUT2D eigenvalue weighted by Gasteiger charge is 2.13. The third-order valence-electron chi connectivity index (χ3n) is 4.22. The van der Waals surface area contributed by atoms with E-state index in [9.17, 15) is 0 Å². The summed E-state index contributed by atoms with van der Waals surface area (Å²) in [5.74, 6) is 0.500. The van der Waals surface area contributed by atoms with Gasteiger partial charge in [-0.1, -0.05) is 60.8 Å². The molecule has 1 N–H and O–H groups in total. The summed E-state index contributed by atoms with van der Waals surface area (Å²) >= 11 is 12.1. The average Bonchev–Trinajstić information content (AvgIpc) is 2.72. The van der Waals surface area contributed by atoms with Gasteiger partial charge in [-0.3, -0.25) is 0 Å². The van der Waals surface area contributed by atoms with Gasteiger partial charge < -0.3 is 10.1 Å². The maximum atomic E-state index is 6.04. The van der Waals surface area contributed by atoms with Gasteiger partial charge in [-0.2, -0.15) is 0 Å². The van der Waals surface area contributed by atoms with Gasteiger partial charge in [-0.25, -0.2) is 9.97 Å². The van der Waals surface area contributed by atoms with Crippen molar-refractivity contribution in [1.29, 1.82) is 0 Å². The van der Waals surface area contributed by atoms with Crippen molar-refractivity contribution >= 4 is 23.2 Å². The topological polar surface area (TPSA) is 47.0 Å². The van der Waals surface area contributed by atoms with Gasteiger partial charge in [0.05, 0.1) is 11.9 Å². The summed E-state index contributed by atoms with van der Waals surface area (Å²) < 4.78 is 5.80. The number of benzene rings is 2. The molecule has 0 spiro atoms. The minimum atomic E-state index is 0.500. The normalized spacial score (nSPS) is 10.8. The first-order valence-electron chi connectivity index (χ1n) is 9.40. The van der Waals surface area contributed by atoms with E-state index >= 15 is 0 Å². The van der Waals surface area contributed by atoms with Crippen LogP contribution in [-0.4, -0.2) is 29.7 Å². The minimum absolute atomic E-state index is 0.500. The van der Waals surface area contributed by atoms with Crippen LogP contribution in [-0.2, 0) is 0 Å². The number of hydrogen-bond acceptors (Lipinski definition) is 4. The van der Waals surface area contributed by atoms with Crippen molar-refractivity contribution in [2.75, 3.05) is 19.7 Å². The van der Waals surface area contributed by atoms with E-state index in [0.29, 0.717) is 22.5 Å². The smallest absolute Gasteiger partial charge is 0.232 e. The maximum absolute atomic E-state index is 6.04. The van der Waals surface area contributed by atoms with Crippen LogP contribution >= 0.6 is 23.2 Å². The van der Waals surface area contributed by atoms with Gasteiger partial charge in [0.25, 0.3) is 0 Å². The van der Waals surface area contributed by atoms with E-state index in [2.05, 4.69) is 17.2 Å². The molecule has 1 heterocycles. The first kappa shape index (κ1) is 20.6. The number of ether oxygens (including phenoxy) is 1. The summed E-state index contributed by atoms with van der Waals surface area (Å²) in [6, 6.07) is 15.1. The zero-order valence-corrected chi connectivity index (χ0v) is 17.3. The van der Waals surface area contributed by atoms with Gasteiger partial charge in [0, 0.05) is 27.7 Å². The molecule has 0 unspecified atom stereocenters. The van der Waals surface area contributed by atoms with Gasteiger partial charge in [0.1, 0.15) is 12.3 Å². The molecule has 0 fully saturated rings. The number of nitrogens with zero attached hydrogens (tertiary/aromatic N) is 2. The van der Waals surface area contributed by atoms with Crippen molar-refractivity contribution in [2.45, 2.75) is 19.8 Å². The van der Waals surface area contributed by atoms with Crippen molar-refractivity contribution in [3.63, 3.8) is 0 Å². The highest BCUT2D eigenvalue weighted by molar-refractivity contribution is 6.31. The first-order chi connectivity index (χ1) is 13.7. The zero-order chi connectivity index (χ0) is 19.8. The molecular formula is C22H23Cl2N3O. The number of aromatic nitrogens is 2. The molecule has 6 heteroatoms. The van der Waals surface area contributed by atoms with Crippen LogP contribution < -0.4 is 10.1 Å². The van der Waals surface area contributed by atoms with Crippen LogP contribution in [0.4, 0.5) is 0 Å². The van der Waals surface area contributed by atoms with E-state index in [1.165, 1.54) is 6.42 Å². The lowest BCUT2D eigenvalue weighted by molar-refractivity contribution is 0.301. The van der Waals surface area contributed by atoms with E-state index < -0.39 is 0 Å². The average molecular weight is 416 g/mol. The standard InChI is InChI=1S/C22H23Cl2N3O/c1-2-3-12-25-13-14-28-20-15-26-21(16-4-8-18(23)9-5-16)22(27-20)17-6-10-19(24)11-7-17/h4-11,15,25H,2-3,12-14H2,1H3. The lowest BCUT2D eigenvalue weighted by Gasteiger charge is -2.12. The Bertz CT molecular complexity index is 883. The third-order valence-corrected chi connectivity index (χ3v) is 4.73. The molecule has 2 aromatic carbocycles. The highest BCUT2D eigenvalue weighted by Crippen LogP contribution is 2.31. The fraction of sp³-hybridized carbons (Fsp3) is 0.273. The summed E-state index contributed by atoms with van der Waals surface area (Å²) in [7, 11) is 0. The SMILES string of the molecule is CCCCNCCOc1cnc(-c2ccc(Cl)cc2)c(-c2ccc(Cl)cc2)n1. The van der Waals surface area contributed by atoms with Gasteiger partial charge in [-0.15, -0.1) is 0 Å². The van der Waals surface area contributed by atoms with Gasteiger partial charge in [0.2, 0.25) is 5.88 Å². The van der Waals surface area contributed by atoms with Crippen molar-refractivity contribution in [3.05, 3.63) is 64.8 Å². The van der Waals surface area contributed by atoms with Crippen LogP contribution in [0.25, 0.3) is 22.5 Å². The second-order valence-electron chi connectivity index (χ2n) is 6.37. The Kier molecular flexibility index (Phi) is 7.66. The first-order valence-corrected chi connectivity index (χ1v) is 10.2. The fourth-order valence-corrected chi connectivity index (χ4v) is 2.98. The maximum Gasteiger partial charge on any atom is 0.232 e. The van der Waals surface area contributed by atoms with Crippen LogP contribution in [0.2, 0.25) is 10.0 Å². The molecule has 146 valence electrons. The Hall–Kier alpha value is -2.14. The molecule has 4 nitrogen and oxygen atoms in total. The lowest BCUT2D eigenvalue weighted by atomic mass is 10.0. The molecule has 0 aliphatic heterocycles. The van der Waals surface area contributed by atoms with Crippen molar-refractivity contribution in [3.8, 4) is 28.4 Å². The van der Waals surface area contributed by atoms with Gasteiger partial charge in [-0.05, 0) is 37.2 Å². The van der Waals surface area contributed by atoms with E-state index in [4.69, 9.17) is 32.9 Å². The Balaban J connectivity index is 1.83. The summed E-state index contributed by atoms with van der Waals surface area (Å²) in [6.45, 7) is 4.49. The van der Waals surface area contributed by atoms with Gasteiger partial charge >= 0.3 is 0 Å². The summed E-state index contributed by atoms with van der Waals surface area (Å²) in [5, 5.41) is 4.71. The number of nitrogens with one attached hydrogen (secondary N) is 1. The van der Waals surface area contributed by atoms with Crippen LogP contribution in [0, 0.1) is 0 Å². The molecule has 28 heavy (non-hydrogen) atoms.